The Kier molecular flexibility index (Phi) is 5.85. The van der Waals surface area contributed by atoms with Crippen molar-refractivity contribution in [3.8, 4) is 11.5 Å². The Bertz CT molecular complexity index is 1110. The number of nitrogens with two attached hydrogens (primary N) is 1. The molecule has 3 heterocycles. The smallest absolute Gasteiger partial charge is 0.145 e. The van der Waals surface area contributed by atoms with Crippen molar-refractivity contribution in [2.45, 2.75) is 39.5 Å². The van der Waals surface area contributed by atoms with Gasteiger partial charge in [0.1, 0.15) is 29.2 Å². The summed E-state index contributed by atoms with van der Waals surface area (Å²) in [7, 11) is 0. The normalized spacial score (nSPS) is 19.1. The van der Waals surface area contributed by atoms with Crippen molar-refractivity contribution in [1.29, 1.82) is 0 Å². The zero-order valence-electron chi connectivity index (χ0n) is 18.9. The lowest BCUT2D eigenvalue weighted by atomic mass is 10.1. The number of hydrogen-bond donors (Lipinski definition) is 1. The van der Waals surface area contributed by atoms with Crippen LogP contribution in [0.1, 0.15) is 30.8 Å². The van der Waals surface area contributed by atoms with Gasteiger partial charge in [0.15, 0.2) is 0 Å². The number of piperazine rings is 1. The Morgan fingerprint density at radius 1 is 1.06 bits per heavy atom. The predicted octanol–water partition coefficient (Wildman–Crippen LogP) is 3.25. The third-order valence-electron chi connectivity index (χ3n) is 6.28. The molecule has 32 heavy (non-hydrogen) atoms. The van der Waals surface area contributed by atoms with Crippen molar-refractivity contribution in [3.05, 3.63) is 53.3 Å². The topological polar surface area (TPSA) is 76.7 Å². The second kappa shape index (κ2) is 8.92. The van der Waals surface area contributed by atoms with Gasteiger partial charge in [0.05, 0.1) is 18.7 Å². The van der Waals surface area contributed by atoms with Crippen LogP contribution < -0.4 is 15.2 Å². The number of rotatable bonds is 6. The molecular weight excluding hydrogens is 402 g/mol. The van der Waals surface area contributed by atoms with E-state index >= 15 is 0 Å². The highest BCUT2D eigenvalue weighted by Gasteiger charge is 2.24. The van der Waals surface area contributed by atoms with Crippen LogP contribution in [0.25, 0.3) is 10.9 Å². The van der Waals surface area contributed by atoms with Crippen molar-refractivity contribution in [2.75, 3.05) is 38.5 Å². The third kappa shape index (κ3) is 4.36. The Labute approximate surface area is 189 Å². The number of ether oxygens (including phenoxy) is 2. The van der Waals surface area contributed by atoms with Gasteiger partial charge in [-0.1, -0.05) is 12.1 Å². The van der Waals surface area contributed by atoms with E-state index in [1.54, 1.807) is 0 Å². The number of para-hydroxylation sites is 1. The fourth-order valence-electron chi connectivity index (χ4n) is 4.66. The number of anilines is 1. The number of nitrogen functional groups attached to an aromatic ring is 1. The maximum atomic E-state index is 6.16. The van der Waals surface area contributed by atoms with E-state index in [2.05, 4.69) is 33.8 Å². The first kappa shape index (κ1) is 21.0. The molecule has 0 amide bonds. The predicted molar refractivity (Wildman–Crippen MR) is 126 cm³/mol. The van der Waals surface area contributed by atoms with Crippen LogP contribution in [0.3, 0.4) is 0 Å². The SMILES string of the molecule is CCOc1cc2c(cc1CN1CCN(Cc3nc(N)c4ccccc4n3)CC1)OC(C)C2. The van der Waals surface area contributed by atoms with Crippen LogP contribution in [0.5, 0.6) is 11.5 Å². The largest absolute Gasteiger partial charge is 0.494 e. The summed E-state index contributed by atoms with van der Waals surface area (Å²) in [5.41, 5.74) is 9.52. The van der Waals surface area contributed by atoms with Crippen molar-refractivity contribution < 1.29 is 9.47 Å². The van der Waals surface area contributed by atoms with Gasteiger partial charge >= 0.3 is 0 Å². The lowest BCUT2D eigenvalue weighted by Gasteiger charge is -2.34. The van der Waals surface area contributed by atoms with Crippen LogP contribution in [0.2, 0.25) is 0 Å². The molecule has 2 aliphatic heterocycles. The first-order valence-corrected chi connectivity index (χ1v) is 11.5. The van der Waals surface area contributed by atoms with Gasteiger partial charge in [0, 0.05) is 55.7 Å². The number of nitrogens with zero attached hydrogens (tertiary/aromatic N) is 4. The summed E-state index contributed by atoms with van der Waals surface area (Å²) >= 11 is 0. The molecule has 0 aliphatic carbocycles. The molecule has 2 aliphatic rings. The third-order valence-corrected chi connectivity index (χ3v) is 6.28. The van der Waals surface area contributed by atoms with Gasteiger partial charge in [0.2, 0.25) is 0 Å². The van der Waals surface area contributed by atoms with Crippen LogP contribution in [0, 0.1) is 0 Å². The summed E-state index contributed by atoms with van der Waals surface area (Å²) in [6.45, 7) is 10.3. The molecule has 1 aromatic heterocycles. The first-order chi connectivity index (χ1) is 15.6. The minimum atomic E-state index is 0.240. The summed E-state index contributed by atoms with van der Waals surface area (Å²) in [5.74, 6) is 3.35. The average molecular weight is 434 g/mol. The summed E-state index contributed by atoms with van der Waals surface area (Å²) in [6, 6.07) is 12.3. The maximum Gasteiger partial charge on any atom is 0.145 e. The van der Waals surface area contributed by atoms with E-state index in [9.17, 15) is 0 Å². The molecule has 3 aromatic rings. The van der Waals surface area contributed by atoms with E-state index in [1.807, 2.05) is 31.2 Å². The number of aromatic nitrogens is 2. The van der Waals surface area contributed by atoms with Gasteiger partial charge in [-0.3, -0.25) is 9.80 Å². The minimum Gasteiger partial charge on any atom is -0.494 e. The molecule has 1 fully saturated rings. The molecule has 1 saturated heterocycles. The molecule has 0 radical (unpaired) electrons. The van der Waals surface area contributed by atoms with Crippen LogP contribution in [0.15, 0.2) is 36.4 Å². The quantitative estimate of drug-likeness (QED) is 0.639. The standard InChI is InChI=1S/C25H31N5O2/c1-3-31-22-13-18-12-17(2)32-23(18)14-19(22)15-29-8-10-30(11-9-29)16-24-27-21-7-5-4-6-20(21)25(26)28-24/h4-7,13-14,17H,3,8-12,15-16H2,1-2H3,(H2,26,27,28). The van der Waals surface area contributed by atoms with Gasteiger partial charge in [-0.05, 0) is 38.1 Å². The number of fused-ring (bicyclic) bond motifs is 2. The molecular formula is C25H31N5O2. The van der Waals surface area contributed by atoms with Crippen LogP contribution in [-0.4, -0.2) is 58.7 Å². The molecule has 7 heteroatoms. The summed E-state index contributed by atoms with van der Waals surface area (Å²) < 4.78 is 12.0. The number of benzene rings is 2. The Morgan fingerprint density at radius 3 is 2.59 bits per heavy atom. The van der Waals surface area contributed by atoms with E-state index in [1.165, 1.54) is 11.1 Å². The van der Waals surface area contributed by atoms with Crippen molar-refractivity contribution in [1.82, 2.24) is 19.8 Å². The van der Waals surface area contributed by atoms with Gasteiger partial charge in [0.25, 0.3) is 0 Å². The first-order valence-electron chi connectivity index (χ1n) is 11.5. The van der Waals surface area contributed by atoms with E-state index in [-0.39, 0.29) is 6.10 Å². The number of hydrogen-bond acceptors (Lipinski definition) is 7. The van der Waals surface area contributed by atoms with Crippen LogP contribution in [-0.2, 0) is 19.5 Å². The van der Waals surface area contributed by atoms with Crippen molar-refractivity contribution >= 4 is 16.7 Å². The molecule has 0 spiro atoms. The zero-order chi connectivity index (χ0) is 22.1. The molecule has 1 atom stereocenters. The molecule has 0 bridgehead atoms. The monoisotopic (exact) mass is 433 g/mol. The molecule has 7 nitrogen and oxygen atoms in total. The molecule has 2 aromatic carbocycles. The lowest BCUT2D eigenvalue weighted by molar-refractivity contribution is 0.119. The molecule has 1 unspecified atom stereocenters. The van der Waals surface area contributed by atoms with Gasteiger partial charge < -0.3 is 15.2 Å². The summed E-state index contributed by atoms with van der Waals surface area (Å²) in [4.78, 5) is 14.1. The fraction of sp³-hybridized carbons (Fsp3) is 0.440. The minimum absolute atomic E-state index is 0.240. The van der Waals surface area contributed by atoms with Crippen LogP contribution >= 0.6 is 0 Å². The van der Waals surface area contributed by atoms with E-state index in [0.717, 1.165) is 73.9 Å². The Balaban J connectivity index is 1.23. The maximum absolute atomic E-state index is 6.16. The lowest BCUT2D eigenvalue weighted by Crippen LogP contribution is -2.45. The second-order valence-corrected chi connectivity index (χ2v) is 8.73. The summed E-state index contributed by atoms with van der Waals surface area (Å²) in [6.07, 6.45) is 1.19. The Hall–Kier alpha value is -2.90. The fourth-order valence-corrected chi connectivity index (χ4v) is 4.66. The average Bonchev–Trinajstić information content (AvgIpc) is 3.14. The van der Waals surface area contributed by atoms with Gasteiger partial charge in [-0.25, -0.2) is 9.97 Å². The molecule has 0 saturated carbocycles. The zero-order valence-corrected chi connectivity index (χ0v) is 18.9. The Morgan fingerprint density at radius 2 is 1.81 bits per heavy atom. The van der Waals surface area contributed by atoms with Crippen molar-refractivity contribution in [3.63, 3.8) is 0 Å². The molecule has 2 N–H and O–H groups in total. The summed E-state index contributed by atoms with van der Waals surface area (Å²) in [5, 5.41) is 0.916. The second-order valence-electron chi connectivity index (χ2n) is 8.73. The van der Waals surface area contributed by atoms with Crippen molar-refractivity contribution in [2.24, 2.45) is 0 Å². The molecule has 5 rings (SSSR count). The van der Waals surface area contributed by atoms with Gasteiger partial charge in [-0.15, -0.1) is 0 Å². The van der Waals surface area contributed by atoms with Gasteiger partial charge in [-0.2, -0.15) is 0 Å². The van der Waals surface area contributed by atoms with Crippen LogP contribution in [0.4, 0.5) is 5.82 Å². The highest BCUT2D eigenvalue weighted by Crippen LogP contribution is 2.35. The highest BCUT2D eigenvalue weighted by molar-refractivity contribution is 5.87. The molecule has 168 valence electrons. The van der Waals surface area contributed by atoms with E-state index in [4.69, 9.17) is 20.2 Å². The highest BCUT2D eigenvalue weighted by atomic mass is 16.5. The van der Waals surface area contributed by atoms with E-state index in [0.29, 0.717) is 12.4 Å². The van der Waals surface area contributed by atoms with E-state index < -0.39 is 0 Å².